The van der Waals surface area contributed by atoms with Gasteiger partial charge in [-0.1, -0.05) is 29.8 Å². The highest BCUT2D eigenvalue weighted by atomic mass is 35.5. The summed E-state index contributed by atoms with van der Waals surface area (Å²) in [4.78, 5) is 26.2. The van der Waals surface area contributed by atoms with Crippen LogP contribution in [-0.2, 0) is 19.6 Å². The first-order valence-electron chi connectivity index (χ1n) is 9.26. The molecule has 166 valence electrons. The molecule has 1 atom stereocenters. The molecule has 31 heavy (non-hydrogen) atoms. The van der Waals surface area contributed by atoms with Crippen molar-refractivity contribution in [2.24, 2.45) is 5.14 Å². The van der Waals surface area contributed by atoms with Crippen LogP contribution in [0.15, 0.2) is 47.4 Å². The van der Waals surface area contributed by atoms with E-state index in [1.54, 1.807) is 29.2 Å². The molecular weight excluding hydrogens is 448 g/mol. The van der Waals surface area contributed by atoms with E-state index < -0.39 is 27.0 Å². The minimum Gasteiger partial charge on any atom is -0.468 e. The van der Waals surface area contributed by atoms with Gasteiger partial charge in [0, 0.05) is 43.3 Å². The standard InChI is InChI=1S/C19H21ClN4O6S/c1-30-19(25)18(14-4-2-3-5-15(14)20)23-10-8-22(9-11-23)16-7-6-13(24(26)27)12-17(16)31(21,28)29/h2-7,12,18H,8-11H2,1H3,(H2,21,28,29). The van der Waals surface area contributed by atoms with E-state index in [0.717, 1.165) is 6.07 Å². The van der Waals surface area contributed by atoms with Gasteiger partial charge in [-0.2, -0.15) is 0 Å². The highest BCUT2D eigenvalue weighted by Gasteiger charge is 2.33. The van der Waals surface area contributed by atoms with Crippen LogP contribution in [0.5, 0.6) is 0 Å². The normalized spacial score (nSPS) is 16.0. The van der Waals surface area contributed by atoms with Crippen LogP contribution in [0.1, 0.15) is 11.6 Å². The average Bonchev–Trinajstić information content (AvgIpc) is 2.74. The molecule has 0 radical (unpaired) electrons. The van der Waals surface area contributed by atoms with Crippen molar-refractivity contribution in [3.8, 4) is 0 Å². The Hall–Kier alpha value is -2.73. The zero-order valence-corrected chi connectivity index (χ0v) is 18.2. The van der Waals surface area contributed by atoms with Gasteiger partial charge >= 0.3 is 5.97 Å². The number of hydrogen-bond acceptors (Lipinski definition) is 8. The van der Waals surface area contributed by atoms with Crippen molar-refractivity contribution in [3.63, 3.8) is 0 Å². The number of hydrogen-bond donors (Lipinski definition) is 1. The van der Waals surface area contributed by atoms with E-state index in [2.05, 4.69) is 0 Å². The molecule has 0 saturated carbocycles. The van der Waals surface area contributed by atoms with Gasteiger partial charge in [0.2, 0.25) is 10.0 Å². The van der Waals surface area contributed by atoms with Crippen LogP contribution in [0.25, 0.3) is 0 Å². The van der Waals surface area contributed by atoms with Crippen molar-refractivity contribution >= 4 is 39.0 Å². The molecule has 0 aromatic heterocycles. The first kappa shape index (κ1) is 22.9. The van der Waals surface area contributed by atoms with Crippen molar-refractivity contribution < 1.29 is 22.9 Å². The molecule has 3 rings (SSSR count). The van der Waals surface area contributed by atoms with Crippen LogP contribution in [0.2, 0.25) is 5.02 Å². The molecule has 12 heteroatoms. The molecule has 0 bridgehead atoms. The molecule has 1 fully saturated rings. The fourth-order valence-electron chi connectivity index (χ4n) is 3.61. The summed E-state index contributed by atoms with van der Waals surface area (Å²) in [6.45, 7) is 1.51. The summed E-state index contributed by atoms with van der Waals surface area (Å²) in [5.41, 5.74) is 0.529. The number of primary sulfonamides is 1. The lowest BCUT2D eigenvalue weighted by Crippen LogP contribution is -2.50. The van der Waals surface area contributed by atoms with Crippen LogP contribution in [0.4, 0.5) is 11.4 Å². The molecule has 2 N–H and O–H groups in total. The molecule has 1 unspecified atom stereocenters. The zero-order valence-electron chi connectivity index (χ0n) is 16.6. The number of ether oxygens (including phenoxy) is 1. The molecule has 0 aliphatic carbocycles. The Kier molecular flexibility index (Phi) is 6.80. The minimum atomic E-state index is -4.19. The lowest BCUT2D eigenvalue weighted by atomic mass is 10.0. The second-order valence-corrected chi connectivity index (χ2v) is 8.86. The van der Waals surface area contributed by atoms with E-state index in [0.29, 0.717) is 36.8 Å². The highest BCUT2D eigenvalue weighted by molar-refractivity contribution is 7.89. The maximum absolute atomic E-state index is 12.5. The summed E-state index contributed by atoms with van der Waals surface area (Å²) in [6, 6.07) is 9.85. The van der Waals surface area contributed by atoms with E-state index in [9.17, 15) is 23.3 Å². The summed E-state index contributed by atoms with van der Waals surface area (Å²) < 4.78 is 29.0. The summed E-state index contributed by atoms with van der Waals surface area (Å²) >= 11 is 6.29. The van der Waals surface area contributed by atoms with Gasteiger partial charge in [-0.25, -0.2) is 18.4 Å². The third-order valence-corrected chi connectivity index (χ3v) is 6.39. The predicted octanol–water partition coefficient (Wildman–Crippen LogP) is 1.93. The number of non-ortho nitro benzene ring substituents is 1. The smallest absolute Gasteiger partial charge is 0.327 e. The second kappa shape index (κ2) is 9.18. The van der Waals surface area contributed by atoms with Crippen LogP contribution in [-0.4, -0.2) is 57.5 Å². The number of nitro groups is 1. The average molecular weight is 469 g/mol. The van der Waals surface area contributed by atoms with E-state index in [1.165, 1.54) is 19.2 Å². The Balaban J connectivity index is 1.87. The molecule has 2 aromatic carbocycles. The number of piperazine rings is 1. The van der Waals surface area contributed by atoms with E-state index >= 15 is 0 Å². The SMILES string of the molecule is COC(=O)C(c1ccccc1Cl)N1CCN(c2ccc([N+](=O)[O-])cc2S(N)(=O)=O)CC1. The number of methoxy groups -OCH3 is 1. The van der Waals surface area contributed by atoms with Gasteiger partial charge in [0.15, 0.2) is 0 Å². The Labute approximate surface area is 184 Å². The fraction of sp³-hybridized carbons (Fsp3) is 0.316. The number of esters is 1. The number of sulfonamides is 1. The maximum atomic E-state index is 12.5. The lowest BCUT2D eigenvalue weighted by Gasteiger charge is -2.39. The highest BCUT2D eigenvalue weighted by Crippen LogP contribution is 2.33. The molecule has 10 nitrogen and oxygen atoms in total. The second-order valence-electron chi connectivity index (χ2n) is 6.92. The Morgan fingerprint density at radius 3 is 2.39 bits per heavy atom. The Morgan fingerprint density at radius 1 is 1.19 bits per heavy atom. The van der Waals surface area contributed by atoms with Crippen molar-refractivity contribution in [2.75, 3.05) is 38.2 Å². The first-order chi connectivity index (χ1) is 14.6. The van der Waals surface area contributed by atoms with Crippen molar-refractivity contribution in [1.82, 2.24) is 4.90 Å². The van der Waals surface area contributed by atoms with Gasteiger partial charge in [0.05, 0.1) is 17.7 Å². The predicted molar refractivity (Wildman–Crippen MR) is 114 cm³/mol. The largest absolute Gasteiger partial charge is 0.468 e. The van der Waals surface area contributed by atoms with Gasteiger partial charge in [0.25, 0.3) is 5.69 Å². The topological polar surface area (TPSA) is 136 Å². The van der Waals surface area contributed by atoms with Crippen LogP contribution < -0.4 is 10.0 Å². The van der Waals surface area contributed by atoms with Gasteiger partial charge in [-0.15, -0.1) is 0 Å². The molecule has 0 spiro atoms. The number of benzene rings is 2. The molecule has 1 heterocycles. The molecule has 0 amide bonds. The summed E-state index contributed by atoms with van der Waals surface area (Å²) in [6.07, 6.45) is 0. The van der Waals surface area contributed by atoms with E-state index in [4.69, 9.17) is 21.5 Å². The van der Waals surface area contributed by atoms with Crippen LogP contribution in [0, 0.1) is 10.1 Å². The van der Waals surface area contributed by atoms with Crippen molar-refractivity contribution in [3.05, 3.63) is 63.2 Å². The van der Waals surface area contributed by atoms with Gasteiger partial charge < -0.3 is 9.64 Å². The number of carbonyl (C=O) groups excluding carboxylic acids is 1. The van der Waals surface area contributed by atoms with Gasteiger partial charge in [0.1, 0.15) is 10.9 Å². The van der Waals surface area contributed by atoms with E-state index in [1.807, 2.05) is 4.90 Å². The summed E-state index contributed by atoms with van der Waals surface area (Å²) in [5.74, 6) is -0.456. The zero-order chi connectivity index (χ0) is 22.8. The van der Waals surface area contributed by atoms with Crippen LogP contribution >= 0.6 is 11.6 Å². The Morgan fingerprint density at radius 2 is 1.84 bits per heavy atom. The number of nitrogens with zero attached hydrogens (tertiary/aromatic N) is 3. The van der Waals surface area contributed by atoms with Crippen molar-refractivity contribution in [2.45, 2.75) is 10.9 Å². The number of nitrogens with two attached hydrogens (primary N) is 1. The fourth-order valence-corrected chi connectivity index (χ4v) is 4.62. The Bertz CT molecular complexity index is 1100. The number of anilines is 1. The molecular formula is C19H21ClN4O6S. The number of nitro benzene ring substituents is 1. The monoisotopic (exact) mass is 468 g/mol. The summed E-state index contributed by atoms with van der Waals surface area (Å²) in [5, 5.41) is 16.8. The quantitative estimate of drug-likeness (QED) is 0.386. The number of rotatable bonds is 6. The van der Waals surface area contributed by atoms with Crippen molar-refractivity contribution in [1.29, 1.82) is 0 Å². The lowest BCUT2D eigenvalue weighted by molar-refractivity contribution is -0.385. The molecule has 1 aliphatic heterocycles. The molecule has 2 aromatic rings. The molecule has 1 aliphatic rings. The van der Waals surface area contributed by atoms with E-state index in [-0.39, 0.29) is 16.3 Å². The first-order valence-corrected chi connectivity index (χ1v) is 11.2. The minimum absolute atomic E-state index is 0.278. The van der Waals surface area contributed by atoms with Gasteiger partial charge in [-0.05, 0) is 17.7 Å². The third-order valence-electron chi connectivity index (χ3n) is 5.11. The molecule has 1 saturated heterocycles. The number of carbonyl (C=O) groups is 1. The third kappa shape index (κ3) is 4.96. The number of halogens is 1. The van der Waals surface area contributed by atoms with Gasteiger partial charge in [-0.3, -0.25) is 15.0 Å². The summed E-state index contributed by atoms with van der Waals surface area (Å²) in [7, 11) is -2.88. The maximum Gasteiger partial charge on any atom is 0.327 e. The van der Waals surface area contributed by atoms with Crippen LogP contribution in [0.3, 0.4) is 0 Å².